The highest BCUT2D eigenvalue weighted by molar-refractivity contribution is 7.99. The molecular formula is C28H30ClFN2O2S. The number of likely N-dealkylation sites (N-methyl/N-ethyl adjacent to an activating group) is 1. The van der Waals surface area contributed by atoms with E-state index in [9.17, 15) is 14.0 Å². The van der Waals surface area contributed by atoms with Gasteiger partial charge in [0.25, 0.3) is 0 Å². The van der Waals surface area contributed by atoms with Gasteiger partial charge in [0.05, 0.1) is 0 Å². The van der Waals surface area contributed by atoms with E-state index in [0.29, 0.717) is 30.8 Å². The second-order valence-electron chi connectivity index (χ2n) is 8.15. The van der Waals surface area contributed by atoms with E-state index in [1.807, 2.05) is 61.5 Å². The van der Waals surface area contributed by atoms with Gasteiger partial charge >= 0.3 is 0 Å². The van der Waals surface area contributed by atoms with Crippen LogP contribution in [0.3, 0.4) is 0 Å². The minimum Gasteiger partial charge on any atom is -0.355 e. The average molecular weight is 513 g/mol. The third kappa shape index (κ3) is 8.71. The fourth-order valence-electron chi connectivity index (χ4n) is 3.72. The predicted octanol–water partition coefficient (Wildman–Crippen LogP) is 6.13. The molecule has 184 valence electrons. The SMILES string of the molecule is CCNC(=O)C(Cc1ccccc1)N(Cc1ccc(F)cc1)C(=O)CCCSc1ccc(Cl)cc1. The first-order chi connectivity index (χ1) is 17.0. The van der Waals surface area contributed by atoms with E-state index in [2.05, 4.69) is 5.32 Å². The van der Waals surface area contributed by atoms with Crippen LogP contribution in [0.5, 0.6) is 0 Å². The van der Waals surface area contributed by atoms with Gasteiger partial charge in [-0.1, -0.05) is 54.1 Å². The Bertz CT molecular complexity index is 1080. The molecule has 0 saturated heterocycles. The molecule has 1 unspecified atom stereocenters. The van der Waals surface area contributed by atoms with Gasteiger partial charge in [-0.2, -0.15) is 0 Å². The number of hydrogen-bond acceptors (Lipinski definition) is 3. The van der Waals surface area contributed by atoms with Crippen LogP contribution in [0, 0.1) is 5.82 Å². The predicted molar refractivity (Wildman–Crippen MR) is 141 cm³/mol. The summed E-state index contributed by atoms with van der Waals surface area (Å²) >= 11 is 7.61. The number of amides is 2. The molecule has 35 heavy (non-hydrogen) atoms. The Hall–Kier alpha value is -2.83. The largest absolute Gasteiger partial charge is 0.355 e. The third-order valence-corrected chi connectivity index (χ3v) is 6.86. The fourth-order valence-corrected chi connectivity index (χ4v) is 4.70. The van der Waals surface area contributed by atoms with Crippen LogP contribution in [0.25, 0.3) is 0 Å². The molecule has 0 aliphatic heterocycles. The Labute approximate surface area is 215 Å². The van der Waals surface area contributed by atoms with Crippen molar-refractivity contribution in [2.24, 2.45) is 0 Å². The molecule has 1 N–H and O–H groups in total. The minimum absolute atomic E-state index is 0.0989. The highest BCUT2D eigenvalue weighted by Gasteiger charge is 2.29. The molecule has 0 fully saturated rings. The van der Waals surface area contributed by atoms with E-state index in [0.717, 1.165) is 21.8 Å². The van der Waals surface area contributed by atoms with Gasteiger partial charge in [0.1, 0.15) is 11.9 Å². The number of nitrogens with zero attached hydrogens (tertiary/aromatic N) is 1. The zero-order valence-electron chi connectivity index (χ0n) is 19.8. The van der Waals surface area contributed by atoms with E-state index in [1.165, 1.54) is 12.1 Å². The van der Waals surface area contributed by atoms with Gasteiger partial charge in [-0.3, -0.25) is 9.59 Å². The summed E-state index contributed by atoms with van der Waals surface area (Å²) in [5, 5.41) is 3.57. The molecule has 0 saturated carbocycles. The van der Waals surface area contributed by atoms with Crippen molar-refractivity contribution in [3.8, 4) is 0 Å². The highest BCUT2D eigenvalue weighted by atomic mass is 35.5. The number of benzene rings is 3. The van der Waals surface area contributed by atoms with Gasteiger partial charge in [0.15, 0.2) is 0 Å². The van der Waals surface area contributed by atoms with Crippen LogP contribution in [0.4, 0.5) is 4.39 Å². The molecule has 7 heteroatoms. The van der Waals surface area contributed by atoms with Crippen LogP contribution in [-0.4, -0.2) is 35.1 Å². The zero-order valence-corrected chi connectivity index (χ0v) is 21.3. The van der Waals surface area contributed by atoms with E-state index < -0.39 is 6.04 Å². The van der Waals surface area contributed by atoms with E-state index >= 15 is 0 Å². The Morgan fingerprint density at radius 1 is 0.971 bits per heavy atom. The van der Waals surface area contributed by atoms with Gasteiger partial charge in [-0.15, -0.1) is 11.8 Å². The quantitative estimate of drug-likeness (QED) is 0.235. The molecule has 4 nitrogen and oxygen atoms in total. The van der Waals surface area contributed by atoms with Crippen molar-refractivity contribution < 1.29 is 14.0 Å². The van der Waals surface area contributed by atoms with Crippen molar-refractivity contribution in [3.05, 3.63) is 101 Å². The maximum atomic E-state index is 13.5. The van der Waals surface area contributed by atoms with E-state index in [4.69, 9.17) is 11.6 Å². The monoisotopic (exact) mass is 512 g/mol. The number of rotatable bonds is 12. The molecule has 0 heterocycles. The minimum atomic E-state index is -0.668. The number of carbonyl (C=O) groups excluding carboxylic acids is 2. The molecule has 3 aromatic carbocycles. The maximum Gasteiger partial charge on any atom is 0.243 e. The molecular weight excluding hydrogens is 483 g/mol. The smallest absolute Gasteiger partial charge is 0.243 e. The average Bonchev–Trinajstić information content (AvgIpc) is 2.87. The second-order valence-corrected chi connectivity index (χ2v) is 9.76. The summed E-state index contributed by atoms with van der Waals surface area (Å²) < 4.78 is 13.5. The lowest BCUT2D eigenvalue weighted by Crippen LogP contribution is -2.50. The summed E-state index contributed by atoms with van der Waals surface area (Å²) in [6.07, 6.45) is 1.38. The number of nitrogens with one attached hydrogen (secondary N) is 1. The first-order valence-corrected chi connectivity index (χ1v) is 13.1. The maximum absolute atomic E-state index is 13.5. The Morgan fingerprint density at radius 2 is 1.66 bits per heavy atom. The summed E-state index contributed by atoms with van der Waals surface area (Å²) in [5.74, 6) is 0.137. The molecule has 0 aliphatic rings. The van der Waals surface area contributed by atoms with Crippen molar-refractivity contribution in [1.82, 2.24) is 10.2 Å². The molecule has 3 aromatic rings. The van der Waals surface area contributed by atoms with E-state index in [-0.39, 0.29) is 24.2 Å². The standard InChI is InChI=1S/C28H30ClFN2O2S/c1-2-31-28(34)26(19-21-7-4-3-5-8-21)32(20-22-10-14-24(30)15-11-22)27(33)9-6-18-35-25-16-12-23(29)13-17-25/h3-5,7-8,10-17,26H,2,6,9,18-20H2,1H3,(H,31,34). The molecule has 0 bridgehead atoms. The summed E-state index contributed by atoms with van der Waals surface area (Å²) in [4.78, 5) is 29.3. The highest BCUT2D eigenvalue weighted by Crippen LogP contribution is 2.22. The second kappa shape index (κ2) is 13.9. The van der Waals surface area contributed by atoms with Crippen molar-refractivity contribution in [1.29, 1.82) is 0 Å². The summed E-state index contributed by atoms with van der Waals surface area (Å²) in [5.41, 5.74) is 1.75. The normalized spacial score (nSPS) is 11.6. The summed E-state index contributed by atoms with van der Waals surface area (Å²) in [7, 11) is 0. The lowest BCUT2D eigenvalue weighted by atomic mass is 10.0. The van der Waals surface area contributed by atoms with Gasteiger partial charge < -0.3 is 10.2 Å². The van der Waals surface area contributed by atoms with Crippen molar-refractivity contribution in [2.45, 2.75) is 43.7 Å². The zero-order chi connectivity index (χ0) is 25.0. The van der Waals surface area contributed by atoms with Gasteiger partial charge in [0.2, 0.25) is 11.8 Å². The van der Waals surface area contributed by atoms with Crippen molar-refractivity contribution in [3.63, 3.8) is 0 Å². The molecule has 0 radical (unpaired) electrons. The van der Waals surface area contributed by atoms with Crippen molar-refractivity contribution in [2.75, 3.05) is 12.3 Å². The van der Waals surface area contributed by atoms with Crippen molar-refractivity contribution >= 4 is 35.2 Å². The van der Waals surface area contributed by atoms with Crippen LogP contribution < -0.4 is 5.32 Å². The van der Waals surface area contributed by atoms with Crippen LogP contribution in [0.15, 0.2) is 83.8 Å². The fraction of sp³-hybridized carbons (Fsp3) is 0.286. The van der Waals surface area contributed by atoms with Crippen LogP contribution in [0.1, 0.15) is 30.9 Å². The van der Waals surface area contributed by atoms with Gasteiger partial charge in [0, 0.05) is 35.8 Å². The van der Waals surface area contributed by atoms with Gasteiger partial charge in [-0.25, -0.2) is 4.39 Å². The molecule has 0 spiro atoms. The first-order valence-electron chi connectivity index (χ1n) is 11.7. The Kier molecular flexibility index (Phi) is 10.6. The lowest BCUT2D eigenvalue weighted by Gasteiger charge is -2.31. The lowest BCUT2D eigenvalue weighted by molar-refractivity contribution is -0.141. The molecule has 3 rings (SSSR count). The van der Waals surface area contributed by atoms with Crippen LogP contribution >= 0.6 is 23.4 Å². The van der Waals surface area contributed by atoms with Crippen LogP contribution in [0.2, 0.25) is 5.02 Å². The Balaban J connectivity index is 1.75. The molecule has 1 atom stereocenters. The number of thioether (sulfide) groups is 1. The number of halogens is 2. The molecule has 2 amide bonds. The summed E-state index contributed by atoms with van der Waals surface area (Å²) in [6.45, 7) is 2.57. The summed E-state index contributed by atoms with van der Waals surface area (Å²) in [6, 6.07) is 22.7. The number of hydrogen-bond donors (Lipinski definition) is 1. The molecule has 0 aromatic heterocycles. The van der Waals surface area contributed by atoms with Crippen LogP contribution in [-0.2, 0) is 22.6 Å². The van der Waals surface area contributed by atoms with Gasteiger partial charge in [-0.05, 0) is 66.6 Å². The topological polar surface area (TPSA) is 49.4 Å². The first kappa shape index (κ1) is 26.8. The Morgan fingerprint density at radius 3 is 2.31 bits per heavy atom. The van der Waals surface area contributed by atoms with E-state index in [1.54, 1.807) is 28.8 Å². The third-order valence-electron chi connectivity index (χ3n) is 5.51. The number of carbonyl (C=O) groups is 2. The molecule has 0 aliphatic carbocycles.